The predicted octanol–water partition coefficient (Wildman–Crippen LogP) is 3.14. The fourth-order valence-electron chi connectivity index (χ4n) is 2.93. The maximum absolute atomic E-state index is 12.5. The molecule has 0 aliphatic carbocycles. The number of benzene rings is 2. The number of rotatable bonds is 6. The Hall–Kier alpha value is -2.57. The first kappa shape index (κ1) is 20.2. The quantitative estimate of drug-likeness (QED) is 0.807. The van der Waals surface area contributed by atoms with Crippen LogP contribution in [0.4, 0.5) is 5.69 Å². The van der Waals surface area contributed by atoms with Crippen molar-refractivity contribution in [2.24, 2.45) is 0 Å². The zero-order chi connectivity index (χ0) is 19.9. The van der Waals surface area contributed by atoms with E-state index in [9.17, 15) is 9.59 Å². The van der Waals surface area contributed by atoms with E-state index in [1.807, 2.05) is 17.0 Å². The van der Waals surface area contributed by atoms with Crippen molar-refractivity contribution in [1.82, 2.24) is 9.80 Å². The summed E-state index contributed by atoms with van der Waals surface area (Å²) in [4.78, 5) is 28.7. The topological polar surface area (TPSA) is 61.9 Å². The molecule has 2 amide bonds. The second kappa shape index (κ2) is 9.57. The third kappa shape index (κ3) is 5.47. The lowest BCUT2D eigenvalue weighted by atomic mass is 10.1. The van der Waals surface area contributed by atoms with Gasteiger partial charge in [-0.2, -0.15) is 0 Å². The van der Waals surface area contributed by atoms with Gasteiger partial charge in [0.25, 0.3) is 5.91 Å². The van der Waals surface area contributed by atoms with Crippen molar-refractivity contribution < 1.29 is 14.3 Å². The third-order valence-corrected chi connectivity index (χ3v) is 4.94. The Balaban J connectivity index is 1.46. The molecule has 1 fully saturated rings. The largest absolute Gasteiger partial charge is 0.491 e. The number of carbonyl (C=O) groups is 2. The van der Waals surface area contributed by atoms with Crippen molar-refractivity contribution in [2.75, 3.05) is 45.2 Å². The molecule has 1 aliphatic heterocycles. The highest BCUT2D eigenvalue weighted by Crippen LogP contribution is 2.23. The first-order chi connectivity index (χ1) is 13.5. The van der Waals surface area contributed by atoms with Crippen LogP contribution < -0.4 is 10.1 Å². The fourth-order valence-corrected chi connectivity index (χ4v) is 3.12. The molecule has 0 unspecified atom stereocenters. The molecule has 0 aromatic heterocycles. The van der Waals surface area contributed by atoms with E-state index in [0.29, 0.717) is 22.0 Å². The van der Waals surface area contributed by atoms with Crippen molar-refractivity contribution in [3.63, 3.8) is 0 Å². The summed E-state index contributed by atoms with van der Waals surface area (Å²) < 4.78 is 5.52. The molecule has 1 aliphatic rings. The van der Waals surface area contributed by atoms with Gasteiger partial charge in [-0.15, -0.1) is 0 Å². The van der Waals surface area contributed by atoms with E-state index in [1.165, 1.54) is 0 Å². The Morgan fingerprint density at radius 1 is 1.04 bits per heavy atom. The second-order valence-electron chi connectivity index (χ2n) is 6.75. The molecule has 0 atom stereocenters. The minimum atomic E-state index is -0.162. The summed E-state index contributed by atoms with van der Waals surface area (Å²) in [5.41, 5.74) is 1.28. The number of ether oxygens (including phenoxy) is 1. The molecule has 6 nitrogen and oxygen atoms in total. The Labute approximate surface area is 170 Å². The summed E-state index contributed by atoms with van der Waals surface area (Å²) in [6, 6.07) is 14.1. The van der Waals surface area contributed by atoms with Gasteiger partial charge in [0.05, 0.1) is 18.1 Å². The lowest BCUT2D eigenvalue weighted by Crippen LogP contribution is -2.47. The van der Waals surface area contributed by atoms with Crippen LogP contribution in [0.3, 0.4) is 0 Å². The number of para-hydroxylation sites is 1. The molecule has 3 rings (SSSR count). The van der Waals surface area contributed by atoms with Gasteiger partial charge < -0.3 is 19.9 Å². The monoisotopic (exact) mass is 401 g/mol. The van der Waals surface area contributed by atoms with Gasteiger partial charge in [-0.25, -0.2) is 0 Å². The van der Waals surface area contributed by atoms with Gasteiger partial charge >= 0.3 is 0 Å². The third-order valence-electron chi connectivity index (χ3n) is 4.63. The fraction of sp³-hybridized carbons (Fsp3) is 0.333. The number of piperazine rings is 1. The van der Waals surface area contributed by atoms with Gasteiger partial charge in [0.15, 0.2) is 0 Å². The Kier molecular flexibility index (Phi) is 6.90. The molecule has 1 saturated heterocycles. The standard InChI is InChI=1S/C21H24ClN3O3/c1-24-11-13-25(14-12-24)21(27)16-6-8-17(9-7-16)23-20(26)10-15-28-19-5-3-2-4-18(19)22/h2-9H,10-15H2,1H3,(H,23,26). The zero-order valence-corrected chi connectivity index (χ0v) is 16.6. The molecule has 0 spiro atoms. The van der Waals surface area contributed by atoms with Crippen LogP contribution >= 0.6 is 11.6 Å². The zero-order valence-electron chi connectivity index (χ0n) is 15.9. The van der Waals surface area contributed by atoms with E-state index in [0.717, 1.165) is 26.2 Å². The van der Waals surface area contributed by atoms with Crippen molar-refractivity contribution in [2.45, 2.75) is 6.42 Å². The molecular formula is C21H24ClN3O3. The molecule has 1 N–H and O–H groups in total. The van der Waals surface area contributed by atoms with Crippen LogP contribution in [0.1, 0.15) is 16.8 Å². The molecule has 2 aromatic rings. The summed E-state index contributed by atoms with van der Waals surface area (Å²) in [6.07, 6.45) is 0.202. The highest BCUT2D eigenvalue weighted by atomic mass is 35.5. The van der Waals surface area contributed by atoms with Crippen LogP contribution in [-0.4, -0.2) is 61.4 Å². The summed E-state index contributed by atoms with van der Waals surface area (Å²) in [5, 5.41) is 3.33. The van der Waals surface area contributed by atoms with Crippen molar-refractivity contribution in [3.05, 3.63) is 59.1 Å². The van der Waals surface area contributed by atoms with Gasteiger partial charge in [-0.1, -0.05) is 23.7 Å². The van der Waals surface area contributed by atoms with Gasteiger partial charge in [0.2, 0.25) is 5.91 Å². The van der Waals surface area contributed by atoms with Crippen LogP contribution in [0.25, 0.3) is 0 Å². The number of nitrogens with one attached hydrogen (secondary N) is 1. The Bertz CT molecular complexity index is 818. The minimum Gasteiger partial charge on any atom is -0.491 e. The molecule has 0 bridgehead atoms. The molecule has 28 heavy (non-hydrogen) atoms. The first-order valence-corrected chi connectivity index (χ1v) is 9.66. The number of hydrogen-bond donors (Lipinski definition) is 1. The van der Waals surface area contributed by atoms with Gasteiger partial charge in [-0.05, 0) is 43.4 Å². The molecule has 148 valence electrons. The maximum Gasteiger partial charge on any atom is 0.253 e. The number of amides is 2. The molecule has 7 heteroatoms. The number of anilines is 1. The summed E-state index contributed by atoms with van der Waals surface area (Å²) in [6.45, 7) is 3.47. The van der Waals surface area contributed by atoms with E-state index in [1.54, 1.807) is 36.4 Å². The van der Waals surface area contributed by atoms with Crippen LogP contribution in [0.15, 0.2) is 48.5 Å². The summed E-state index contributed by atoms with van der Waals surface area (Å²) in [5.74, 6) is 0.424. The molecule has 1 heterocycles. The molecule has 0 radical (unpaired) electrons. The van der Waals surface area contributed by atoms with Gasteiger partial charge in [-0.3, -0.25) is 9.59 Å². The molecule has 0 saturated carbocycles. The Morgan fingerprint density at radius 3 is 2.39 bits per heavy atom. The molecular weight excluding hydrogens is 378 g/mol. The van der Waals surface area contributed by atoms with Crippen LogP contribution in [0.2, 0.25) is 5.02 Å². The van der Waals surface area contributed by atoms with Crippen LogP contribution in [0.5, 0.6) is 5.75 Å². The average molecular weight is 402 g/mol. The summed E-state index contributed by atoms with van der Waals surface area (Å²) >= 11 is 6.01. The molecule has 2 aromatic carbocycles. The van der Waals surface area contributed by atoms with E-state index in [4.69, 9.17) is 16.3 Å². The number of carbonyl (C=O) groups excluding carboxylic acids is 2. The van der Waals surface area contributed by atoms with Gasteiger partial charge in [0.1, 0.15) is 5.75 Å². The first-order valence-electron chi connectivity index (χ1n) is 9.28. The average Bonchev–Trinajstić information content (AvgIpc) is 2.70. The van der Waals surface area contributed by atoms with E-state index in [2.05, 4.69) is 17.3 Å². The van der Waals surface area contributed by atoms with E-state index < -0.39 is 0 Å². The highest BCUT2D eigenvalue weighted by Gasteiger charge is 2.20. The lowest BCUT2D eigenvalue weighted by molar-refractivity contribution is -0.116. The normalized spacial score (nSPS) is 14.6. The SMILES string of the molecule is CN1CCN(C(=O)c2ccc(NC(=O)CCOc3ccccc3Cl)cc2)CC1. The number of hydrogen-bond acceptors (Lipinski definition) is 4. The second-order valence-corrected chi connectivity index (χ2v) is 7.16. The maximum atomic E-state index is 12.5. The van der Waals surface area contributed by atoms with Crippen molar-refractivity contribution in [1.29, 1.82) is 0 Å². The number of nitrogens with zero attached hydrogens (tertiary/aromatic N) is 2. The minimum absolute atomic E-state index is 0.0270. The van der Waals surface area contributed by atoms with Crippen LogP contribution in [0, 0.1) is 0 Å². The van der Waals surface area contributed by atoms with E-state index >= 15 is 0 Å². The smallest absolute Gasteiger partial charge is 0.253 e. The Morgan fingerprint density at radius 2 is 1.71 bits per heavy atom. The van der Waals surface area contributed by atoms with Crippen molar-refractivity contribution in [3.8, 4) is 5.75 Å². The number of likely N-dealkylation sites (N-methyl/N-ethyl adjacent to an activating group) is 1. The number of halogens is 1. The van der Waals surface area contributed by atoms with Crippen molar-refractivity contribution >= 4 is 29.1 Å². The highest BCUT2D eigenvalue weighted by molar-refractivity contribution is 6.32. The van der Waals surface area contributed by atoms with Crippen LogP contribution in [-0.2, 0) is 4.79 Å². The predicted molar refractivity (Wildman–Crippen MR) is 110 cm³/mol. The van der Waals surface area contributed by atoms with E-state index in [-0.39, 0.29) is 24.8 Å². The summed E-state index contributed by atoms with van der Waals surface area (Å²) in [7, 11) is 2.05. The van der Waals surface area contributed by atoms with Gasteiger partial charge in [0, 0.05) is 37.4 Å². The lowest BCUT2D eigenvalue weighted by Gasteiger charge is -2.32.